The summed E-state index contributed by atoms with van der Waals surface area (Å²) in [4.78, 5) is 19.6. The molecular weight excluding hydrogens is 284 g/mol. The quantitative estimate of drug-likeness (QED) is 0.601. The molecule has 0 saturated carbocycles. The third kappa shape index (κ3) is 1.67. The molecule has 4 heterocycles. The summed E-state index contributed by atoms with van der Waals surface area (Å²) in [6, 6.07) is 5.60. The number of imidazole rings is 1. The summed E-state index contributed by atoms with van der Waals surface area (Å²) in [5.74, 6) is -1.10. The second-order valence-electron chi connectivity index (χ2n) is 4.86. The molecular formula is C14H10N6O2. The maximum atomic E-state index is 11.3. The van der Waals surface area contributed by atoms with E-state index in [2.05, 4.69) is 20.2 Å². The molecule has 0 aliphatic rings. The maximum Gasteiger partial charge on any atom is 0.358 e. The van der Waals surface area contributed by atoms with Gasteiger partial charge in [0.25, 0.3) is 0 Å². The van der Waals surface area contributed by atoms with Crippen LogP contribution in [0.1, 0.15) is 16.2 Å². The Bertz CT molecular complexity index is 1030. The van der Waals surface area contributed by atoms with Crippen molar-refractivity contribution in [1.82, 2.24) is 29.0 Å². The summed E-state index contributed by atoms with van der Waals surface area (Å²) in [5, 5.41) is 17.2. The van der Waals surface area contributed by atoms with Gasteiger partial charge in [-0.15, -0.1) is 10.2 Å². The van der Waals surface area contributed by atoms with Crippen LogP contribution in [0.5, 0.6) is 0 Å². The molecule has 8 heteroatoms. The zero-order valence-electron chi connectivity index (χ0n) is 11.5. The van der Waals surface area contributed by atoms with Crippen molar-refractivity contribution < 1.29 is 9.90 Å². The number of aromatic carboxylic acids is 1. The van der Waals surface area contributed by atoms with Crippen molar-refractivity contribution in [1.29, 1.82) is 0 Å². The van der Waals surface area contributed by atoms with Gasteiger partial charge in [0.05, 0.1) is 5.69 Å². The Hall–Kier alpha value is -3.29. The molecule has 0 saturated heterocycles. The smallest absolute Gasteiger partial charge is 0.358 e. The summed E-state index contributed by atoms with van der Waals surface area (Å²) < 4.78 is 3.43. The first-order valence-electron chi connectivity index (χ1n) is 6.52. The molecule has 8 nitrogen and oxygen atoms in total. The number of rotatable bonds is 2. The predicted octanol–water partition coefficient (Wildman–Crippen LogP) is 1.45. The van der Waals surface area contributed by atoms with Gasteiger partial charge >= 0.3 is 5.97 Å². The average Bonchev–Trinajstić information content (AvgIpc) is 3.13. The number of nitrogens with zero attached hydrogens (tertiary/aromatic N) is 6. The van der Waals surface area contributed by atoms with E-state index in [0.717, 1.165) is 11.3 Å². The molecule has 1 N–H and O–H groups in total. The molecule has 4 aromatic rings. The summed E-state index contributed by atoms with van der Waals surface area (Å²) in [5.41, 5.74) is 3.15. The molecule has 0 unspecified atom stereocenters. The molecule has 0 fully saturated rings. The normalized spacial score (nSPS) is 11.3. The van der Waals surface area contributed by atoms with E-state index in [-0.39, 0.29) is 5.69 Å². The van der Waals surface area contributed by atoms with Gasteiger partial charge in [-0.1, -0.05) is 0 Å². The van der Waals surface area contributed by atoms with Gasteiger partial charge in [0.15, 0.2) is 17.0 Å². The highest BCUT2D eigenvalue weighted by molar-refractivity contribution is 5.92. The third-order valence-corrected chi connectivity index (χ3v) is 3.50. The van der Waals surface area contributed by atoms with Gasteiger partial charge in [-0.3, -0.25) is 8.80 Å². The van der Waals surface area contributed by atoms with Gasteiger partial charge < -0.3 is 5.11 Å². The zero-order chi connectivity index (χ0) is 15.3. The highest BCUT2D eigenvalue weighted by atomic mass is 16.4. The van der Waals surface area contributed by atoms with Crippen LogP contribution < -0.4 is 0 Å². The summed E-state index contributed by atoms with van der Waals surface area (Å²) in [6.45, 7) is 1.87. The number of carboxylic acids is 1. The SMILES string of the molecule is Cc1cc(-c2cccn3cnnc23)nc2c(C(=O)O)ncn12. The van der Waals surface area contributed by atoms with Crippen molar-refractivity contribution in [2.75, 3.05) is 0 Å². The Labute approximate surface area is 123 Å². The van der Waals surface area contributed by atoms with Crippen LogP contribution in [0.3, 0.4) is 0 Å². The van der Waals surface area contributed by atoms with E-state index in [0.29, 0.717) is 17.0 Å². The molecule has 0 atom stereocenters. The fourth-order valence-corrected chi connectivity index (χ4v) is 2.46. The molecule has 0 aliphatic carbocycles. The van der Waals surface area contributed by atoms with Gasteiger partial charge in [0.1, 0.15) is 12.7 Å². The van der Waals surface area contributed by atoms with Crippen LogP contribution >= 0.6 is 0 Å². The van der Waals surface area contributed by atoms with E-state index in [1.165, 1.54) is 6.33 Å². The van der Waals surface area contributed by atoms with Crippen LogP contribution in [0.25, 0.3) is 22.6 Å². The maximum absolute atomic E-state index is 11.3. The summed E-state index contributed by atoms with van der Waals surface area (Å²) in [6.07, 6.45) is 4.90. The Balaban J connectivity index is 2.05. The molecule has 0 bridgehead atoms. The fourth-order valence-electron chi connectivity index (χ4n) is 2.46. The van der Waals surface area contributed by atoms with E-state index in [1.807, 2.05) is 31.3 Å². The van der Waals surface area contributed by atoms with Gasteiger partial charge in [-0.2, -0.15) is 0 Å². The van der Waals surface area contributed by atoms with Crippen molar-refractivity contribution in [3.05, 3.63) is 48.4 Å². The van der Waals surface area contributed by atoms with Crippen molar-refractivity contribution in [3.8, 4) is 11.3 Å². The highest BCUT2D eigenvalue weighted by Gasteiger charge is 2.17. The summed E-state index contributed by atoms with van der Waals surface area (Å²) in [7, 11) is 0. The lowest BCUT2D eigenvalue weighted by atomic mass is 10.1. The Morgan fingerprint density at radius 2 is 2.14 bits per heavy atom. The fraction of sp³-hybridized carbons (Fsp3) is 0.0714. The molecule has 0 aromatic carbocycles. The molecule has 0 amide bonds. The largest absolute Gasteiger partial charge is 0.476 e. The topological polar surface area (TPSA) is 97.7 Å². The van der Waals surface area contributed by atoms with Gasteiger partial charge in [0, 0.05) is 17.5 Å². The molecule has 22 heavy (non-hydrogen) atoms. The molecule has 0 radical (unpaired) electrons. The molecule has 4 aromatic heterocycles. The van der Waals surface area contributed by atoms with Crippen LogP contribution in [0.15, 0.2) is 37.1 Å². The van der Waals surface area contributed by atoms with Gasteiger partial charge in [-0.05, 0) is 25.1 Å². The first-order valence-corrected chi connectivity index (χ1v) is 6.52. The zero-order valence-corrected chi connectivity index (χ0v) is 11.5. The number of fused-ring (bicyclic) bond motifs is 2. The molecule has 4 rings (SSSR count). The minimum atomic E-state index is -1.10. The number of pyridine rings is 1. The predicted molar refractivity (Wildman–Crippen MR) is 76.7 cm³/mol. The van der Waals surface area contributed by atoms with Crippen molar-refractivity contribution in [3.63, 3.8) is 0 Å². The van der Waals surface area contributed by atoms with E-state index in [1.54, 1.807) is 15.1 Å². The summed E-state index contributed by atoms with van der Waals surface area (Å²) >= 11 is 0. The second-order valence-corrected chi connectivity index (χ2v) is 4.86. The minimum Gasteiger partial charge on any atom is -0.476 e. The van der Waals surface area contributed by atoms with E-state index >= 15 is 0 Å². The number of carboxylic acid groups (broad SMARTS) is 1. The lowest BCUT2D eigenvalue weighted by Crippen LogP contribution is -2.02. The monoisotopic (exact) mass is 294 g/mol. The Kier molecular flexibility index (Phi) is 2.46. The molecule has 108 valence electrons. The lowest BCUT2D eigenvalue weighted by molar-refractivity contribution is 0.0693. The van der Waals surface area contributed by atoms with Crippen LogP contribution in [0.4, 0.5) is 0 Å². The highest BCUT2D eigenvalue weighted by Crippen LogP contribution is 2.24. The number of hydrogen-bond donors (Lipinski definition) is 1. The first-order chi connectivity index (χ1) is 10.6. The van der Waals surface area contributed by atoms with E-state index in [9.17, 15) is 9.90 Å². The van der Waals surface area contributed by atoms with Crippen LogP contribution in [-0.4, -0.2) is 40.0 Å². The first kappa shape index (κ1) is 12.5. The van der Waals surface area contributed by atoms with E-state index in [4.69, 9.17) is 0 Å². The standard InChI is InChI=1S/C14H10N6O2/c1-8-5-10(9-3-2-4-19-7-16-18-12(9)19)17-13-11(14(21)22)15-6-20(8)13/h2-7H,1H3,(H,21,22). The van der Waals surface area contributed by atoms with Crippen molar-refractivity contribution in [2.45, 2.75) is 6.92 Å². The van der Waals surface area contributed by atoms with Gasteiger partial charge in [-0.25, -0.2) is 14.8 Å². The van der Waals surface area contributed by atoms with Crippen LogP contribution in [0, 0.1) is 6.92 Å². The Morgan fingerprint density at radius 3 is 2.95 bits per heavy atom. The van der Waals surface area contributed by atoms with Crippen LogP contribution in [-0.2, 0) is 0 Å². The second kappa shape index (κ2) is 4.35. The number of aryl methyl sites for hydroxylation is 1. The average molecular weight is 294 g/mol. The Morgan fingerprint density at radius 1 is 1.27 bits per heavy atom. The number of hydrogen-bond acceptors (Lipinski definition) is 5. The lowest BCUT2D eigenvalue weighted by Gasteiger charge is -2.06. The molecule has 0 aliphatic heterocycles. The van der Waals surface area contributed by atoms with Gasteiger partial charge in [0.2, 0.25) is 0 Å². The molecule has 0 spiro atoms. The van der Waals surface area contributed by atoms with Crippen molar-refractivity contribution in [2.24, 2.45) is 0 Å². The van der Waals surface area contributed by atoms with E-state index < -0.39 is 5.97 Å². The third-order valence-electron chi connectivity index (χ3n) is 3.50. The number of carbonyl (C=O) groups is 1. The number of aromatic nitrogens is 6. The minimum absolute atomic E-state index is 0.0710. The van der Waals surface area contributed by atoms with Crippen LogP contribution in [0.2, 0.25) is 0 Å². The van der Waals surface area contributed by atoms with Crippen molar-refractivity contribution >= 4 is 17.3 Å².